The highest BCUT2D eigenvalue weighted by molar-refractivity contribution is 6.04. The predicted molar refractivity (Wildman–Crippen MR) is 80.9 cm³/mol. The second kappa shape index (κ2) is 6.88. The van der Waals surface area contributed by atoms with Crippen LogP contribution in [-0.2, 0) is 4.79 Å². The van der Waals surface area contributed by atoms with Gasteiger partial charge in [0.1, 0.15) is 0 Å². The summed E-state index contributed by atoms with van der Waals surface area (Å²) in [5.41, 5.74) is 1.17. The minimum absolute atomic E-state index is 0.0594. The van der Waals surface area contributed by atoms with Gasteiger partial charge in [-0.05, 0) is 12.0 Å². The van der Waals surface area contributed by atoms with Crippen LogP contribution in [0.4, 0.5) is 0 Å². The van der Waals surface area contributed by atoms with Gasteiger partial charge in [0.25, 0.3) is 5.91 Å². The van der Waals surface area contributed by atoms with Crippen molar-refractivity contribution in [2.24, 2.45) is 5.92 Å². The van der Waals surface area contributed by atoms with Crippen LogP contribution in [-0.4, -0.2) is 35.1 Å². The van der Waals surface area contributed by atoms with E-state index in [1.807, 2.05) is 38.1 Å². The SMILES string of the molecule is CC(C)CNC(=O)CCNC(=O)c1n[nH]c2ccccc12. The van der Waals surface area contributed by atoms with Crippen LogP contribution in [0.5, 0.6) is 0 Å². The molecule has 0 saturated heterocycles. The van der Waals surface area contributed by atoms with Crippen molar-refractivity contribution in [3.63, 3.8) is 0 Å². The third-order valence-corrected chi connectivity index (χ3v) is 3.03. The van der Waals surface area contributed by atoms with Crippen molar-refractivity contribution < 1.29 is 9.59 Å². The number of aromatic amines is 1. The number of rotatable bonds is 6. The zero-order valence-electron chi connectivity index (χ0n) is 12.3. The quantitative estimate of drug-likeness (QED) is 0.752. The second-order valence-corrected chi connectivity index (χ2v) is 5.32. The van der Waals surface area contributed by atoms with Gasteiger partial charge in [-0.3, -0.25) is 14.7 Å². The topological polar surface area (TPSA) is 86.9 Å². The van der Waals surface area contributed by atoms with E-state index in [0.717, 1.165) is 10.9 Å². The Hall–Kier alpha value is -2.37. The summed E-state index contributed by atoms with van der Waals surface area (Å²) in [7, 11) is 0. The number of hydrogen-bond acceptors (Lipinski definition) is 3. The largest absolute Gasteiger partial charge is 0.356 e. The highest BCUT2D eigenvalue weighted by Gasteiger charge is 2.13. The number of carbonyl (C=O) groups excluding carboxylic acids is 2. The van der Waals surface area contributed by atoms with E-state index >= 15 is 0 Å². The minimum Gasteiger partial charge on any atom is -0.356 e. The number of nitrogens with zero attached hydrogens (tertiary/aromatic N) is 1. The lowest BCUT2D eigenvalue weighted by Crippen LogP contribution is -2.32. The molecule has 0 unspecified atom stereocenters. The number of hydrogen-bond donors (Lipinski definition) is 3. The molecule has 2 amide bonds. The summed E-state index contributed by atoms with van der Waals surface area (Å²) in [6.45, 7) is 5.01. The molecule has 1 heterocycles. The average molecular weight is 288 g/mol. The van der Waals surface area contributed by atoms with Crippen molar-refractivity contribution in [3.8, 4) is 0 Å². The lowest BCUT2D eigenvalue weighted by molar-refractivity contribution is -0.121. The van der Waals surface area contributed by atoms with Gasteiger partial charge in [-0.15, -0.1) is 0 Å². The first-order valence-corrected chi connectivity index (χ1v) is 7.06. The van der Waals surface area contributed by atoms with E-state index in [2.05, 4.69) is 20.8 Å². The van der Waals surface area contributed by atoms with E-state index in [4.69, 9.17) is 0 Å². The molecule has 2 aromatic rings. The van der Waals surface area contributed by atoms with Gasteiger partial charge in [-0.2, -0.15) is 5.10 Å². The van der Waals surface area contributed by atoms with Crippen molar-refractivity contribution in [2.45, 2.75) is 20.3 Å². The lowest BCUT2D eigenvalue weighted by atomic mass is 10.2. The van der Waals surface area contributed by atoms with Crippen molar-refractivity contribution in [2.75, 3.05) is 13.1 Å². The van der Waals surface area contributed by atoms with Crippen LogP contribution in [0.3, 0.4) is 0 Å². The van der Waals surface area contributed by atoms with Gasteiger partial charge in [0, 0.05) is 24.9 Å². The molecule has 6 heteroatoms. The molecule has 21 heavy (non-hydrogen) atoms. The fraction of sp³-hybridized carbons (Fsp3) is 0.400. The summed E-state index contributed by atoms with van der Waals surface area (Å²) in [5.74, 6) is 0.0824. The Morgan fingerprint density at radius 1 is 1.24 bits per heavy atom. The molecule has 0 aliphatic carbocycles. The zero-order valence-corrected chi connectivity index (χ0v) is 12.3. The Morgan fingerprint density at radius 3 is 2.76 bits per heavy atom. The number of benzene rings is 1. The molecule has 0 radical (unpaired) electrons. The summed E-state index contributed by atoms with van der Waals surface area (Å²) < 4.78 is 0. The molecule has 1 aromatic carbocycles. The van der Waals surface area contributed by atoms with Gasteiger partial charge < -0.3 is 10.6 Å². The second-order valence-electron chi connectivity index (χ2n) is 5.32. The molecule has 2 rings (SSSR count). The smallest absolute Gasteiger partial charge is 0.272 e. The van der Waals surface area contributed by atoms with Crippen molar-refractivity contribution in [3.05, 3.63) is 30.0 Å². The predicted octanol–water partition coefficient (Wildman–Crippen LogP) is 1.45. The molecule has 6 nitrogen and oxygen atoms in total. The molecule has 0 fully saturated rings. The number of aromatic nitrogens is 2. The van der Waals surface area contributed by atoms with Gasteiger partial charge in [0.15, 0.2) is 5.69 Å². The molecule has 112 valence electrons. The summed E-state index contributed by atoms with van der Waals surface area (Å²) in [4.78, 5) is 23.6. The van der Waals surface area contributed by atoms with E-state index in [9.17, 15) is 9.59 Å². The monoisotopic (exact) mass is 288 g/mol. The fourth-order valence-corrected chi connectivity index (χ4v) is 1.92. The fourth-order valence-electron chi connectivity index (χ4n) is 1.92. The van der Waals surface area contributed by atoms with Crippen LogP contribution < -0.4 is 10.6 Å². The average Bonchev–Trinajstić information content (AvgIpc) is 2.89. The van der Waals surface area contributed by atoms with Crippen LogP contribution in [0.15, 0.2) is 24.3 Å². The van der Waals surface area contributed by atoms with Gasteiger partial charge in [0.2, 0.25) is 5.91 Å². The van der Waals surface area contributed by atoms with Crippen LogP contribution in [0, 0.1) is 5.92 Å². The van der Waals surface area contributed by atoms with E-state index < -0.39 is 0 Å². The molecule has 0 bridgehead atoms. The highest BCUT2D eigenvalue weighted by atomic mass is 16.2. The van der Waals surface area contributed by atoms with Crippen molar-refractivity contribution in [1.82, 2.24) is 20.8 Å². The van der Waals surface area contributed by atoms with E-state index in [1.54, 1.807) is 0 Å². The Kier molecular flexibility index (Phi) is 4.92. The highest BCUT2D eigenvalue weighted by Crippen LogP contribution is 2.14. The van der Waals surface area contributed by atoms with Gasteiger partial charge in [0.05, 0.1) is 5.52 Å². The summed E-state index contributed by atoms with van der Waals surface area (Å²) in [6.07, 6.45) is 0.265. The molecular weight excluding hydrogens is 268 g/mol. The normalized spacial score (nSPS) is 10.8. The number of para-hydroxylation sites is 1. The first-order valence-electron chi connectivity index (χ1n) is 7.06. The standard InChI is InChI=1S/C15H20N4O2/c1-10(2)9-17-13(20)7-8-16-15(21)14-11-5-3-4-6-12(11)18-19-14/h3-6,10H,7-9H2,1-2H3,(H,16,21)(H,17,20)(H,18,19). The third kappa shape index (κ3) is 4.05. The van der Waals surface area contributed by atoms with E-state index in [-0.39, 0.29) is 18.2 Å². The van der Waals surface area contributed by atoms with Gasteiger partial charge in [-0.1, -0.05) is 32.0 Å². The maximum atomic E-state index is 12.0. The summed E-state index contributed by atoms with van der Waals surface area (Å²) in [5, 5.41) is 13.1. The Morgan fingerprint density at radius 2 is 2.00 bits per heavy atom. The maximum absolute atomic E-state index is 12.0. The number of H-pyrrole nitrogens is 1. The Labute approximate surface area is 123 Å². The third-order valence-electron chi connectivity index (χ3n) is 3.03. The van der Waals surface area contributed by atoms with Crippen LogP contribution >= 0.6 is 0 Å². The molecular formula is C15H20N4O2. The molecule has 1 aromatic heterocycles. The van der Waals surface area contributed by atoms with Gasteiger partial charge in [-0.25, -0.2) is 0 Å². The molecule has 0 saturated carbocycles. The van der Waals surface area contributed by atoms with E-state index in [1.165, 1.54) is 0 Å². The molecule has 0 aliphatic heterocycles. The lowest BCUT2D eigenvalue weighted by Gasteiger charge is -2.07. The first kappa shape index (κ1) is 15.0. The van der Waals surface area contributed by atoms with Crippen molar-refractivity contribution in [1.29, 1.82) is 0 Å². The van der Waals surface area contributed by atoms with Gasteiger partial charge >= 0.3 is 0 Å². The molecule has 3 N–H and O–H groups in total. The number of amides is 2. The number of fused-ring (bicyclic) bond motifs is 1. The van der Waals surface area contributed by atoms with Crippen molar-refractivity contribution >= 4 is 22.7 Å². The number of carbonyl (C=O) groups is 2. The summed E-state index contributed by atoms with van der Waals surface area (Å²) in [6, 6.07) is 7.43. The Balaban J connectivity index is 1.84. The number of nitrogens with one attached hydrogen (secondary N) is 3. The molecule has 0 spiro atoms. The zero-order chi connectivity index (χ0) is 15.2. The van der Waals surface area contributed by atoms with Crippen LogP contribution in [0.25, 0.3) is 10.9 Å². The van der Waals surface area contributed by atoms with Crippen LogP contribution in [0.1, 0.15) is 30.8 Å². The molecule has 0 aliphatic rings. The summed E-state index contributed by atoms with van der Waals surface area (Å²) >= 11 is 0. The maximum Gasteiger partial charge on any atom is 0.272 e. The van der Waals surface area contributed by atoms with E-state index in [0.29, 0.717) is 24.7 Å². The first-order chi connectivity index (χ1) is 10.1. The Bertz CT molecular complexity index is 633. The molecule has 0 atom stereocenters. The van der Waals surface area contributed by atoms with Crippen LogP contribution in [0.2, 0.25) is 0 Å². The minimum atomic E-state index is -0.274.